The van der Waals surface area contributed by atoms with Crippen LogP contribution in [0.15, 0.2) is 12.8 Å². The monoisotopic (exact) mass is 157 g/mol. The van der Waals surface area contributed by atoms with Crippen LogP contribution in [-0.4, -0.2) is 30.6 Å². The van der Waals surface area contributed by atoms with Crippen LogP contribution < -0.4 is 0 Å². The van der Waals surface area contributed by atoms with Crippen molar-refractivity contribution in [3.05, 3.63) is 12.8 Å². The standard InChI is InChI=1S/C9H19NO/c1-5-10(6-2)9(4)8-11-7-3/h7,9H,3,5-6,8H2,1-2,4H3. The van der Waals surface area contributed by atoms with E-state index in [9.17, 15) is 0 Å². The van der Waals surface area contributed by atoms with E-state index in [0.29, 0.717) is 6.04 Å². The average molecular weight is 157 g/mol. The molecular weight excluding hydrogens is 138 g/mol. The molecule has 2 nitrogen and oxygen atoms in total. The minimum absolute atomic E-state index is 0.489. The predicted molar refractivity (Wildman–Crippen MR) is 48.5 cm³/mol. The molecule has 0 saturated heterocycles. The minimum atomic E-state index is 0.489. The first-order chi connectivity index (χ1) is 5.26. The second-order valence-corrected chi connectivity index (χ2v) is 2.57. The van der Waals surface area contributed by atoms with Gasteiger partial charge in [-0.05, 0) is 20.0 Å². The Morgan fingerprint density at radius 3 is 2.36 bits per heavy atom. The lowest BCUT2D eigenvalue weighted by Crippen LogP contribution is -2.35. The number of nitrogens with zero attached hydrogens (tertiary/aromatic N) is 1. The molecule has 2 heteroatoms. The van der Waals surface area contributed by atoms with E-state index in [0.717, 1.165) is 19.7 Å². The topological polar surface area (TPSA) is 12.5 Å². The molecule has 66 valence electrons. The Hall–Kier alpha value is -0.500. The number of hydrogen-bond acceptors (Lipinski definition) is 2. The SMILES string of the molecule is C=COCC(C)N(CC)CC. The van der Waals surface area contributed by atoms with Gasteiger partial charge >= 0.3 is 0 Å². The van der Waals surface area contributed by atoms with Crippen LogP contribution >= 0.6 is 0 Å². The number of likely N-dealkylation sites (N-methyl/N-ethyl adjacent to an activating group) is 1. The zero-order chi connectivity index (χ0) is 8.69. The maximum Gasteiger partial charge on any atom is 0.102 e. The number of ether oxygens (including phenoxy) is 1. The fourth-order valence-electron chi connectivity index (χ4n) is 1.16. The lowest BCUT2D eigenvalue weighted by atomic mass is 10.3. The number of hydrogen-bond donors (Lipinski definition) is 0. The van der Waals surface area contributed by atoms with Gasteiger partial charge in [-0.3, -0.25) is 4.90 Å². The molecule has 0 aromatic carbocycles. The molecule has 11 heavy (non-hydrogen) atoms. The lowest BCUT2D eigenvalue weighted by Gasteiger charge is -2.25. The van der Waals surface area contributed by atoms with E-state index in [4.69, 9.17) is 4.74 Å². The van der Waals surface area contributed by atoms with Crippen molar-refractivity contribution in [2.75, 3.05) is 19.7 Å². The fraction of sp³-hybridized carbons (Fsp3) is 0.778. The maximum atomic E-state index is 5.10. The first kappa shape index (κ1) is 10.5. The molecule has 1 unspecified atom stereocenters. The van der Waals surface area contributed by atoms with Gasteiger partial charge in [0.1, 0.15) is 6.61 Å². The van der Waals surface area contributed by atoms with Gasteiger partial charge in [0.25, 0.3) is 0 Å². The van der Waals surface area contributed by atoms with E-state index >= 15 is 0 Å². The third kappa shape index (κ3) is 4.04. The van der Waals surface area contributed by atoms with Crippen LogP contribution in [0.2, 0.25) is 0 Å². The molecule has 0 aliphatic rings. The van der Waals surface area contributed by atoms with Crippen LogP contribution in [0.1, 0.15) is 20.8 Å². The van der Waals surface area contributed by atoms with Crippen molar-refractivity contribution in [2.24, 2.45) is 0 Å². The molecule has 0 aromatic rings. The second kappa shape index (κ2) is 6.23. The summed E-state index contributed by atoms with van der Waals surface area (Å²) in [6.07, 6.45) is 1.50. The summed E-state index contributed by atoms with van der Waals surface area (Å²) in [4.78, 5) is 2.35. The Balaban J connectivity index is 3.59. The van der Waals surface area contributed by atoms with E-state index < -0.39 is 0 Å². The second-order valence-electron chi connectivity index (χ2n) is 2.57. The van der Waals surface area contributed by atoms with Gasteiger partial charge in [0.05, 0.1) is 6.26 Å². The molecule has 0 rings (SSSR count). The van der Waals surface area contributed by atoms with E-state index in [1.165, 1.54) is 6.26 Å². The van der Waals surface area contributed by atoms with Crippen molar-refractivity contribution < 1.29 is 4.74 Å². The Kier molecular flexibility index (Phi) is 5.94. The van der Waals surface area contributed by atoms with Gasteiger partial charge in [-0.1, -0.05) is 20.4 Å². The lowest BCUT2D eigenvalue weighted by molar-refractivity contribution is 0.131. The van der Waals surface area contributed by atoms with E-state index in [1.54, 1.807) is 0 Å². The largest absolute Gasteiger partial charge is 0.500 e. The Bertz CT molecular complexity index is 99.7. The third-order valence-corrected chi connectivity index (χ3v) is 1.89. The zero-order valence-corrected chi connectivity index (χ0v) is 7.84. The van der Waals surface area contributed by atoms with Gasteiger partial charge in [0.15, 0.2) is 0 Å². The molecule has 0 fully saturated rings. The van der Waals surface area contributed by atoms with Crippen LogP contribution in [-0.2, 0) is 4.74 Å². The summed E-state index contributed by atoms with van der Waals surface area (Å²) in [6, 6.07) is 0.489. The Morgan fingerprint density at radius 1 is 1.45 bits per heavy atom. The summed E-state index contributed by atoms with van der Waals surface area (Å²) in [5.41, 5.74) is 0. The zero-order valence-electron chi connectivity index (χ0n) is 7.84. The van der Waals surface area contributed by atoms with E-state index in [-0.39, 0.29) is 0 Å². The summed E-state index contributed by atoms with van der Waals surface area (Å²) in [6.45, 7) is 12.9. The van der Waals surface area contributed by atoms with Crippen LogP contribution in [0.4, 0.5) is 0 Å². The first-order valence-electron chi connectivity index (χ1n) is 4.22. The molecule has 0 aliphatic heterocycles. The summed E-state index contributed by atoms with van der Waals surface area (Å²) in [5, 5.41) is 0. The highest BCUT2D eigenvalue weighted by Crippen LogP contribution is 1.98. The summed E-state index contributed by atoms with van der Waals surface area (Å²) in [7, 11) is 0. The van der Waals surface area contributed by atoms with E-state index in [1.807, 2.05) is 0 Å². The molecule has 0 heterocycles. The van der Waals surface area contributed by atoms with Gasteiger partial charge in [-0.25, -0.2) is 0 Å². The summed E-state index contributed by atoms with van der Waals surface area (Å²) >= 11 is 0. The smallest absolute Gasteiger partial charge is 0.102 e. The molecule has 0 N–H and O–H groups in total. The Labute approximate surface area is 69.8 Å². The molecular formula is C9H19NO. The average Bonchev–Trinajstić information content (AvgIpc) is 2.03. The van der Waals surface area contributed by atoms with Crippen molar-refractivity contribution in [1.82, 2.24) is 4.90 Å². The molecule has 0 amide bonds. The molecule has 0 aliphatic carbocycles. The van der Waals surface area contributed by atoms with Gasteiger partial charge in [0.2, 0.25) is 0 Å². The van der Waals surface area contributed by atoms with Crippen LogP contribution in [0, 0.1) is 0 Å². The predicted octanol–water partition coefficient (Wildman–Crippen LogP) is 1.88. The van der Waals surface area contributed by atoms with Crippen molar-refractivity contribution in [3.8, 4) is 0 Å². The van der Waals surface area contributed by atoms with Crippen LogP contribution in [0.5, 0.6) is 0 Å². The molecule has 0 saturated carbocycles. The van der Waals surface area contributed by atoms with Crippen molar-refractivity contribution >= 4 is 0 Å². The van der Waals surface area contributed by atoms with Crippen LogP contribution in [0.3, 0.4) is 0 Å². The molecule has 0 bridgehead atoms. The van der Waals surface area contributed by atoms with Gasteiger partial charge in [-0.2, -0.15) is 0 Å². The fourth-order valence-corrected chi connectivity index (χ4v) is 1.16. The normalized spacial score (nSPS) is 13.1. The van der Waals surface area contributed by atoms with Crippen LogP contribution in [0.25, 0.3) is 0 Å². The van der Waals surface area contributed by atoms with Gasteiger partial charge < -0.3 is 4.74 Å². The van der Waals surface area contributed by atoms with Crippen molar-refractivity contribution in [1.29, 1.82) is 0 Å². The first-order valence-corrected chi connectivity index (χ1v) is 4.22. The van der Waals surface area contributed by atoms with E-state index in [2.05, 4.69) is 32.3 Å². The Morgan fingerprint density at radius 2 is 2.00 bits per heavy atom. The minimum Gasteiger partial charge on any atom is -0.500 e. The molecule has 1 atom stereocenters. The highest BCUT2D eigenvalue weighted by atomic mass is 16.5. The summed E-state index contributed by atoms with van der Waals surface area (Å²) < 4.78 is 5.10. The third-order valence-electron chi connectivity index (χ3n) is 1.89. The molecule has 0 radical (unpaired) electrons. The van der Waals surface area contributed by atoms with Gasteiger partial charge in [-0.15, -0.1) is 0 Å². The van der Waals surface area contributed by atoms with Crippen molar-refractivity contribution in [2.45, 2.75) is 26.8 Å². The van der Waals surface area contributed by atoms with Crippen molar-refractivity contribution in [3.63, 3.8) is 0 Å². The van der Waals surface area contributed by atoms with Gasteiger partial charge in [0, 0.05) is 6.04 Å². The quantitative estimate of drug-likeness (QED) is 0.546. The molecule has 0 spiro atoms. The highest BCUT2D eigenvalue weighted by molar-refractivity contribution is 4.64. The maximum absolute atomic E-state index is 5.10. The highest BCUT2D eigenvalue weighted by Gasteiger charge is 2.08. The number of rotatable bonds is 6. The summed E-state index contributed by atoms with van der Waals surface area (Å²) in [5.74, 6) is 0. The molecule has 0 aromatic heterocycles.